The van der Waals surface area contributed by atoms with Gasteiger partial charge < -0.3 is 16.4 Å². The van der Waals surface area contributed by atoms with Gasteiger partial charge in [-0.3, -0.25) is 9.59 Å². The van der Waals surface area contributed by atoms with Gasteiger partial charge in [0.2, 0.25) is 5.91 Å². The van der Waals surface area contributed by atoms with Crippen molar-refractivity contribution < 1.29 is 9.59 Å². The van der Waals surface area contributed by atoms with E-state index in [2.05, 4.69) is 15.6 Å². The molecule has 1 aromatic heterocycles. The number of nitrogens with zero attached hydrogens (tertiary/aromatic N) is 1. The molecule has 0 bridgehead atoms. The molecule has 1 atom stereocenters. The predicted octanol–water partition coefficient (Wildman–Crippen LogP) is 2.10. The normalized spacial score (nSPS) is 16.8. The Labute approximate surface area is 131 Å². The molecule has 7 heteroatoms. The van der Waals surface area contributed by atoms with Gasteiger partial charge >= 0.3 is 0 Å². The lowest BCUT2D eigenvalue weighted by atomic mass is 9.97. The summed E-state index contributed by atoms with van der Waals surface area (Å²) in [7, 11) is 0. The minimum atomic E-state index is -0.342. The van der Waals surface area contributed by atoms with Crippen molar-refractivity contribution in [2.24, 2.45) is 0 Å². The van der Waals surface area contributed by atoms with Crippen molar-refractivity contribution in [1.29, 1.82) is 0 Å². The topological polar surface area (TPSA) is 97.1 Å². The molecule has 22 heavy (non-hydrogen) atoms. The number of fused-ring (bicyclic) bond motifs is 1. The van der Waals surface area contributed by atoms with E-state index in [1.807, 2.05) is 31.2 Å². The third kappa shape index (κ3) is 2.67. The van der Waals surface area contributed by atoms with Gasteiger partial charge in [-0.2, -0.15) is 0 Å². The maximum Gasteiger partial charge on any atom is 0.263 e. The lowest BCUT2D eigenvalue weighted by Crippen LogP contribution is -2.35. The summed E-state index contributed by atoms with van der Waals surface area (Å²) in [6.45, 7) is 1.93. The molecule has 2 heterocycles. The quantitative estimate of drug-likeness (QED) is 0.808. The van der Waals surface area contributed by atoms with Crippen molar-refractivity contribution >= 4 is 34.0 Å². The molecule has 0 radical (unpaired) electrons. The fraction of sp³-hybridized carbons (Fsp3) is 0.267. The summed E-state index contributed by atoms with van der Waals surface area (Å²) in [6.07, 6.45) is 0.858. The number of nitrogen functional groups attached to an aromatic ring is 1. The van der Waals surface area contributed by atoms with Gasteiger partial charge in [-0.25, -0.2) is 4.98 Å². The molecule has 114 valence electrons. The summed E-state index contributed by atoms with van der Waals surface area (Å²) in [4.78, 5) is 29.0. The number of para-hydroxylation sites is 1. The molecular formula is C15H16N4O2S. The second-order valence-corrected chi connectivity index (χ2v) is 6.08. The van der Waals surface area contributed by atoms with Crippen LogP contribution in [0.5, 0.6) is 0 Å². The Kier molecular flexibility index (Phi) is 3.81. The number of rotatable bonds is 3. The molecule has 0 saturated carbocycles. The molecule has 0 saturated heterocycles. The Hall–Kier alpha value is -2.41. The van der Waals surface area contributed by atoms with Crippen LogP contribution in [0.2, 0.25) is 0 Å². The summed E-state index contributed by atoms with van der Waals surface area (Å²) in [6, 6.07) is 7.13. The molecule has 0 fully saturated rings. The smallest absolute Gasteiger partial charge is 0.263 e. The van der Waals surface area contributed by atoms with Gasteiger partial charge in [-0.1, -0.05) is 36.5 Å². The maximum absolute atomic E-state index is 12.5. The van der Waals surface area contributed by atoms with Crippen LogP contribution in [0.4, 0.5) is 10.8 Å². The number of nitrogens with one attached hydrogen (secondary N) is 2. The largest absolute Gasteiger partial charge is 0.375 e. The highest BCUT2D eigenvalue weighted by Crippen LogP contribution is 2.31. The molecule has 1 aliphatic rings. The minimum absolute atomic E-state index is 0.108. The van der Waals surface area contributed by atoms with E-state index in [4.69, 9.17) is 5.73 Å². The van der Waals surface area contributed by atoms with Crippen LogP contribution in [0, 0.1) is 0 Å². The van der Waals surface area contributed by atoms with Crippen LogP contribution in [0.25, 0.3) is 0 Å². The molecule has 2 amide bonds. The van der Waals surface area contributed by atoms with E-state index in [0.717, 1.165) is 11.3 Å². The molecule has 6 nitrogen and oxygen atoms in total. The zero-order valence-electron chi connectivity index (χ0n) is 12.1. The van der Waals surface area contributed by atoms with Crippen LogP contribution in [-0.2, 0) is 11.2 Å². The Bertz CT molecular complexity index is 741. The first-order valence-corrected chi connectivity index (χ1v) is 7.85. The fourth-order valence-corrected chi connectivity index (χ4v) is 3.38. The second kappa shape index (κ2) is 5.76. The molecular weight excluding hydrogens is 300 g/mol. The highest BCUT2D eigenvalue weighted by molar-refractivity contribution is 7.17. The number of anilines is 2. The molecule has 3 rings (SSSR count). The molecule has 0 unspecified atom stereocenters. The highest BCUT2D eigenvalue weighted by Gasteiger charge is 2.27. The second-order valence-electron chi connectivity index (χ2n) is 5.05. The minimum Gasteiger partial charge on any atom is -0.375 e. The number of amides is 2. The number of aryl methyl sites for hydroxylation is 1. The molecule has 1 aliphatic heterocycles. The summed E-state index contributed by atoms with van der Waals surface area (Å²) in [5.41, 5.74) is 8.02. The van der Waals surface area contributed by atoms with Crippen molar-refractivity contribution in [3.63, 3.8) is 0 Å². The SMILES string of the molecule is CCc1nc(N)sc1C(=O)N[C@@H]1CC(=O)Nc2ccccc21. The summed E-state index contributed by atoms with van der Waals surface area (Å²) >= 11 is 1.17. The van der Waals surface area contributed by atoms with Gasteiger partial charge in [0.1, 0.15) is 4.88 Å². The lowest BCUT2D eigenvalue weighted by molar-refractivity contribution is -0.116. The van der Waals surface area contributed by atoms with Crippen molar-refractivity contribution in [1.82, 2.24) is 10.3 Å². The third-order valence-corrected chi connectivity index (χ3v) is 4.49. The molecule has 0 spiro atoms. The third-order valence-electron chi connectivity index (χ3n) is 3.56. The Balaban J connectivity index is 1.87. The molecule has 1 aromatic carbocycles. The maximum atomic E-state index is 12.5. The van der Waals surface area contributed by atoms with Crippen molar-refractivity contribution in [3.8, 4) is 0 Å². The molecule has 2 aromatic rings. The van der Waals surface area contributed by atoms with Crippen LogP contribution in [-0.4, -0.2) is 16.8 Å². The first-order chi connectivity index (χ1) is 10.6. The standard InChI is InChI=1S/C15H16N4O2S/c1-2-9-13(22-15(16)19-9)14(21)18-11-7-12(20)17-10-6-4-3-5-8(10)11/h3-6,11H,2,7H2,1H3,(H2,16,19)(H,17,20)(H,18,21)/t11-/m1/s1. The van der Waals surface area contributed by atoms with Gasteiger partial charge in [0.25, 0.3) is 5.91 Å². The van der Waals surface area contributed by atoms with Gasteiger partial charge in [0.05, 0.1) is 18.2 Å². The average Bonchev–Trinajstić information content (AvgIpc) is 2.88. The van der Waals surface area contributed by atoms with E-state index in [-0.39, 0.29) is 24.3 Å². The van der Waals surface area contributed by atoms with Crippen LogP contribution in [0.1, 0.15) is 40.3 Å². The number of hydrogen-bond acceptors (Lipinski definition) is 5. The first-order valence-electron chi connectivity index (χ1n) is 7.03. The number of nitrogens with two attached hydrogens (primary N) is 1. The van der Waals surface area contributed by atoms with Gasteiger partial charge in [-0.15, -0.1) is 0 Å². The predicted molar refractivity (Wildman–Crippen MR) is 85.8 cm³/mol. The number of benzene rings is 1. The van der Waals surface area contributed by atoms with Crippen LogP contribution < -0.4 is 16.4 Å². The van der Waals surface area contributed by atoms with Crippen molar-refractivity contribution in [3.05, 3.63) is 40.4 Å². The van der Waals surface area contributed by atoms with E-state index in [1.54, 1.807) is 0 Å². The lowest BCUT2D eigenvalue weighted by Gasteiger charge is -2.26. The Morgan fingerprint density at radius 1 is 1.50 bits per heavy atom. The Morgan fingerprint density at radius 2 is 2.27 bits per heavy atom. The number of carbonyl (C=O) groups excluding carboxylic acids is 2. The average molecular weight is 316 g/mol. The monoisotopic (exact) mass is 316 g/mol. The van der Waals surface area contributed by atoms with Crippen LogP contribution >= 0.6 is 11.3 Å². The van der Waals surface area contributed by atoms with E-state index in [1.165, 1.54) is 11.3 Å². The van der Waals surface area contributed by atoms with Crippen molar-refractivity contribution in [2.75, 3.05) is 11.1 Å². The van der Waals surface area contributed by atoms with Crippen molar-refractivity contribution in [2.45, 2.75) is 25.8 Å². The summed E-state index contributed by atoms with van der Waals surface area (Å²) in [5, 5.41) is 6.11. The molecule has 0 aliphatic carbocycles. The number of hydrogen-bond donors (Lipinski definition) is 3. The number of thiazole rings is 1. The molecule has 4 N–H and O–H groups in total. The van der Waals surface area contributed by atoms with E-state index in [9.17, 15) is 9.59 Å². The summed E-state index contributed by atoms with van der Waals surface area (Å²) in [5.74, 6) is -0.343. The van der Waals surface area contributed by atoms with E-state index < -0.39 is 0 Å². The van der Waals surface area contributed by atoms with Gasteiger partial charge in [0, 0.05) is 5.69 Å². The zero-order chi connectivity index (χ0) is 15.7. The van der Waals surface area contributed by atoms with E-state index >= 15 is 0 Å². The van der Waals surface area contributed by atoms with Gasteiger partial charge in [-0.05, 0) is 18.1 Å². The zero-order valence-corrected chi connectivity index (χ0v) is 12.9. The number of aromatic nitrogens is 1. The van der Waals surface area contributed by atoms with E-state index in [0.29, 0.717) is 22.1 Å². The first kappa shape index (κ1) is 14.5. The van der Waals surface area contributed by atoms with Crippen LogP contribution in [0.3, 0.4) is 0 Å². The van der Waals surface area contributed by atoms with Gasteiger partial charge in [0.15, 0.2) is 5.13 Å². The fourth-order valence-electron chi connectivity index (χ4n) is 2.55. The summed E-state index contributed by atoms with van der Waals surface area (Å²) < 4.78 is 0. The highest BCUT2D eigenvalue weighted by atomic mass is 32.1. The Morgan fingerprint density at radius 3 is 3.05 bits per heavy atom. The number of carbonyl (C=O) groups is 2. The van der Waals surface area contributed by atoms with Crippen LogP contribution in [0.15, 0.2) is 24.3 Å².